The van der Waals surface area contributed by atoms with Crippen LogP contribution in [-0.4, -0.2) is 14.8 Å². The smallest absolute Gasteiger partial charge is 0.261 e. The summed E-state index contributed by atoms with van der Waals surface area (Å²) in [4.78, 5) is 15.3. The number of pyridine rings is 1. The molecule has 1 saturated heterocycles. The Kier molecular flexibility index (Phi) is 4.36. The average molecular weight is 395 g/mol. The Balaban J connectivity index is 2.01. The predicted octanol–water partition coefficient (Wildman–Crippen LogP) is 3.11. The number of nitrogens with one attached hydrogen (secondary N) is 2. The van der Waals surface area contributed by atoms with Gasteiger partial charge in [0, 0.05) is 17.6 Å². The Morgan fingerprint density at radius 1 is 1.14 bits per heavy atom. The predicted molar refractivity (Wildman–Crippen MR) is 115 cm³/mol. The summed E-state index contributed by atoms with van der Waals surface area (Å²) in [5.74, 6) is -0.0380. The van der Waals surface area contributed by atoms with Gasteiger partial charge in [0.05, 0.1) is 5.52 Å². The highest BCUT2D eigenvalue weighted by Gasteiger charge is 2.46. The lowest BCUT2D eigenvalue weighted by Gasteiger charge is -2.35. The SMILES string of the molecule is CCn1c(=O)c([C@]2(C)NNC(=S)N2c2ccc(C)cc2)c(O)c2ccccc21. The van der Waals surface area contributed by atoms with Crippen LogP contribution in [0.4, 0.5) is 5.69 Å². The van der Waals surface area contributed by atoms with Crippen LogP contribution in [0.25, 0.3) is 10.9 Å². The molecule has 6 nitrogen and oxygen atoms in total. The maximum Gasteiger partial charge on any atom is 0.261 e. The van der Waals surface area contributed by atoms with E-state index in [2.05, 4.69) is 10.9 Å². The Hall–Kier alpha value is -2.90. The standard InChI is InChI=1S/C21H22N4O2S/c1-4-24-16-8-6-5-7-15(16)18(26)17(19(24)27)21(3)23-22-20(28)25(21)14-11-9-13(2)10-12-14/h5-12,23,26H,4H2,1-3H3,(H,22,28)/t21-/m1/s1. The molecule has 1 aliphatic rings. The second-order valence-electron chi connectivity index (χ2n) is 7.09. The number of hydrogen-bond acceptors (Lipinski definition) is 4. The number of hydrazine groups is 1. The zero-order valence-electron chi connectivity index (χ0n) is 16.0. The quantitative estimate of drug-likeness (QED) is 0.593. The third-order valence-electron chi connectivity index (χ3n) is 5.30. The van der Waals surface area contributed by atoms with Crippen molar-refractivity contribution in [2.75, 3.05) is 4.90 Å². The minimum Gasteiger partial charge on any atom is -0.507 e. The van der Waals surface area contributed by atoms with Crippen molar-refractivity contribution in [3.05, 3.63) is 70.0 Å². The van der Waals surface area contributed by atoms with Gasteiger partial charge in [0.15, 0.2) is 5.11 Å². The van der Waals surface area contributed by atoms with E-state index in [1.807, 2.05) is 74.2 Å². The molecule has 0 bridgehead atoms. The molecule has 28 heavy (non-hydrogen) atoms. The number of benzene rings is 2. The average Bonchev–Trinajstić information content (AvgIpc) is 2.98. The van der Waals surface area contributed by atoms with Gasteiger partial charge in [0.2, 0.25) is 0 Å². The van der Waals surface area contributed by atoms with Gasteiger partial charge in [-0.25, -0.2) is 5.43 Å². The molecule has 4 rings (SSSR count). The molecule has 0 spiro atoms. The van der Waals surface area contributed by atoms with E-state index in [4.69, 9.17) is 12.2 Å². The van der Waals surface area contributed by atoms with Crippen LogP contribution in [0.5, 0.6) is 5.75 Å². The van der Waals surface area contributed by atoms with Gasteiger partial charge in [0.25, 0.3) is 5.56 Å². The number of aromatic hydroxyl groups is 1. The van der Waals surface area contributed by atoms with Crippen LogP contribution in [-0.2, 0) is 12.2 Å². The summed E-state index contributed by atoms with van der Waals surface area (Å²) in [6.45, 7) is 6.26. The number of aromatic nitrogens is 1. The van der Waals surface area contributed by atoms with Crippen LogP contribution in [0.1, 0.15) is 25.0 Å². The van der Waals surface area contributed by atoms with Crippen molar-refractivity contribution in [3.8, 4) is 5.75 Å². The molecule has 0 unspecified atom stereocenters. The Bertz CT molecular complexity index is 1140. The first-order chi connectivity index (χ1) is 13.4. The van der Waals surface area contributed by atoms with E-state index in [1.165, 1.54) is 0 Å². The third kappa shape index (κ3) is 2.58. The van der Waals surface area contributed by atoms with Crippen LogP contribution in [0.2, 0.25) is 0 Å². The normalized spacial score (nSPS) is 19.2. The monoisotopic (exact) mass is 394 g/mol. The van der Waals surface area contributed by atoms with Crippen molar-refractivity contribution in [3.63, 3.8) is 0 Å². The van der Waals surface area contributed by atoms with E-state index in [9.17, 15) is 9.90 Å². The topological polar surface area (TPSA) is 69.5 Å². The first kappa shape index (κ1) is 18.5. The van der Waals surface area contributed by atoms with Crippen LogP contribution < -0.4 is 21.3 Å². The van der Waals surface area contributed by atoms with Gasteiger partial charge >= 0.3 is 0 Å². The largest absolute Gasteiger partial charge is 0.507 e. The second kappa shape index (κ2) is 6.61. The molecule has 3 aromatic rings. The molecule has 1 aliphatic heterocycles. The fraction of sp³-hybridized carbons (Fsp3) is 0.238. The maximum atomic E-state index is 13.4. The van der Waals surface area contributed by atoms with Gasteiger partial charge in [-0.15, -0.1) is 0 Å². The maximum absolute atomic E-state index is 13.4. The summed E-state index contributed by atoms with van der Waals surface area (Å²) in [6, 6.07) is 15.2. The van der Waals surface area contributed by atoms with Gasteiger partial charge in [-0.05, 0) is 57.3 Å². The summed E-state index contributed by atoms with van der Waals surface area (Å²) >= 11 is 5.51. The van der Waals surface area contributed by atoms with E-state index in [-0.39, 0.29) is 16.9 Å². The lowest BCUT2D eigenvalue weighted by atomic mass is 9.97. The first-order valence-electron chi connectivity index (χ1n) is 9.17. The van der Waals surface area contributed by atoms with Gasteiger partial charge < -0.3 is 9.67 Å². The van der Waals surface area contributed by atoms with E-state index in [0.717, 1.165) is 11.3 Å². The molecule has 2 aromatic carbocycles. The molecule has 7 heteroatoms. The number of fused-ring (bicyclic) bond motifs is 1. The Labute approximate surface area is 168 Å². The van der Waals surface area contributed by atoms with E-state index >= 15 is 0 Å². The first-order valence-corrected chi connectivity index (χ1v) is 9.58. The molecule has 2 heterocycles. The molecule has 1 atom stereocenters. The lowest BCUT2D eigenvalue weighted by Crippen LogP contribution is -2.51. The molecule has 0 aliphatic carbocycles. The van der Waals surface area contributed by atoms with Crippen molar-refractivity contribution in [1.82, 2.24) is 15.4 Å². The zero-order valence-corrected chi connectivity index (χ0v) is 16.8. The van der Waals surface area contributed by atoms with Crippen LogP contribution in [0.15, 0.2) is 53.3 Å². The van der Waals surface area contributed by atoms with Crippen molar-refractivity contribution >= 4 is 33.9 Å². The van der Waals surface area contributed by atoms with E-state index < -0.39 is 5.66 Å². The molecule has 3 N–H and O–H groups in total. The van der Waals surface area contributed by atoms with E-state index in [0.29, 0.717) is 22.6 Å². The molecular formula is C21H22N4O2S. The summed E-state index contributed by atoms with van der Waals surface area (Å²) in [7, 11) is 0. The summed E-state index contributed by atoms with van der Waals surface area (Å²) in [5.41, 5.74) is 7.67. The molecule has 0 radical (unpaired) electrons. The molecule has 0 saturated carbocycles. The molecular weight excluding hydrogens is 372 g/mol. The molecule has 1 fully saturated rings. The minimum atomic E-state index is -1.06. The van der Waals surface area contributed by atoms with Crippen LogP contribution in [0.3, 0.4) is 0 Å². The van der Waals surface area contributed by atoms with Gasteiger partial charge in [0.1, 0.15) is 17.0 Å². The number of hydrogen-bond donors (Lipinski definition) is 3. The third-order valence-corrected chi connectivity index (χ3v) is 5.59. The fourth-order valence-corrected chi connectivity index (χ4v) is 4.21. The van der Waals surface area contributed by atoms with Gasteiger partial charge in [-0.1, -0.05) is 29.8 Å². The Morgan fingerprint density at radius 2 is 1.82 bits per heavy atom. The highest BCUT2D eigenvalue weighted by atomic mass is 32.1. The fourth-order valence-electron chi connectivity index (χ4n) is 3.88. The highest BCUT2D eigenvalue weighted by molar-refractivity contribution is 7.80. The summed E-state index contributed by atoms with van der Waals surface area (Å²) < 4.78 is 1.67. The summed E-state index contributed by atoms with van der Waals surface area (Å²) in [5, 5.41) is 12.2. The van der Waals surface area contributed by atoms with Crippen molar-refractivity contribution < 1.29 is 5.11 Å². The van der Waals surface area contributed by atoms with Crippen molar-refractivity contribution in [2.24, 2.45) is 0 Å². The van der Waals surface area contributed by atoms with Crippen molar-refractivity contribution in [1.29, 1.82) is 0 Å². The van der Waals surface area contributed by atoms with Crippen LogP contribution in [0, 0.1) is 6.92 Å². The van der Waals surface area contributed by atoms with Crippen LogP contribution >= 0.6 is 12.2 Å². The highest BCUT2D eigenvalue weighted by Crippen LogP contribution is 2.38. The molecule has 1 aromatic heterocycles. The van der Waals surface area contributed by atoms with E-state index in [1.54, 1.807) is 4.57 Å². The van der Waals surface area contributed by atoms with Gasteiger partial charge in [-0.3, -0.25) is 15.1 Å². The molecule has 0 amide bonds. The van der Waals surface area contributed by atoms with Gasteiger partial charge in [-0.2, -0.15) is 0 Å². The number of aryl methyl sites for hydroxylation is 2. The van der Waals surface area contributed by atoms with Crippen molar-refractivity contribution in [2.45, 2.75) is 33.0 Å². The zero-order chi connectivity index (χ0) is 20.1. The number of thiocarbonyl (C=S) groups is 1. The minimum absolute atomic E-state index is 0.0380. The number of rotatable bonds is 3. The Morgan fingerprint density at radius 3 is 2.50 bits per heavy atom. The number of para-hydroxylation sites is 1. The second-order valence-corrected chi connectivity index (χ2v) is 7.48. The molecule has 144 valence electrons. The summed E-state index contributed by atoms with van der Waals surface area (Å²) in [6.07, 6.45) is 0. The number of anilines is 1. The number of nitrogens with zero attached hydrogens (tertiary/aromatic N) is 2. The lowest BCUT2D eigenvalue weighted by molar-refractivity contribution is 0.373.